The SMILES string of the molecule is C[C@H]1CS(=O)(=O)N(c2ccc(C(=O)Nc3ccc(O)c(C(=O)O)c3)c(Cl)c2)C1=O. The van der Waals surface area contributed by atoms with E-state index in [1.807, 2.05) is 0 Å². The Kier molecular flexibility index (Phi) is 5.24. The van der Waals surface area contributed by atoms with Crippen molar-refractivity contribution in [2.45, 2.75) is 6.92 Å². The molecule has 3 rings (SSSR count). The van der Waals surface area contributed by atoms with Gasteiger partial charge in [0.2, 0.25) is 15.9 Å². The van der Waals surface area contributed by atoms with E-state index in [1.165, 1.54) is 31.2 Å². The highest BCUT2D eigenvalue weighted by atomic mass is 35.5. The number of sulfonamides is 1. The van der Waals surface area contributed by atoms with Gasteiger partial charge in [-0.25, -0.2) is 17.5 Å². The summed E-state index contributed by atoms with van der Waals surface area (Å²) in [6.07, 6.45) is 0. The summed E-state index contributed by atoms with van der Waals surface area (Å²) in [4.78, 5) is 35.7. The fourth-order valence-corrected chi connectivity index (χ4v) is 4.96. The number of carboxylic acid groups (broad SMARTS) is 1. The number of halogens is 1. The van der Waals surface area contributed by atoms with Crippen molar-refractivity contribution < 1.29 is 33.0 Å². The summed E-state index contributed by atoms with van der Waals surface area (Å²) in [7, 11) is -3.81. The number of nitrogens with one attached hydrogen (secondary N) is 1. The van der Waals surface area contributed by atoms with Crippen LogP contribution in [0, 0.1) is 5.92 Å². The lowest BCUT2D eigenvalue weighted by molar-refractivity contribution is -0.119. The summed E-state index contributed by atoms with van der Waals surface area (Å²) >= 11 is 6.13. The fourth-order valence-electron chi connectivity index (χ4n) is 2.88. The van der Waals surface area contributed by atoms with Crippen molar-refractivity contribution in [2.24, 2.45) is 5.92 Å². The maximum Gasteiger partial charge on any atom is 0.339 e. The zero-order valence-electron chi connectivity index (χ0n) is 14.9. The number of hydrogen-bond donors (Lipinski definition) is 3. The molecule has 0 aromatic heterocycles. The molecule has 0 aliphatic carbocycles. The van der Waals surface area contributed by atoms with E-state index in [1.54, 1.807) is 0 Å². The second kappa shape index (κ2) is 7.37. The first-order valence-corrected chi connectivity index (χ1v) is 10.2. The van der Waals surface area contributed by atoms with Crippen LogP contribution in [-0.2, 0) is 14.8 Å². The Morgan fingerprint density at radius 1 is 1.17 bits per heavy atom. The molecule has 3 N–H and O–H groups in total. The van der Waals surface area contributed by atoms with Crippen molar-refractivity contribution in [3.05, 3.63) is 52.5 Å². The van der Waals surface area contributed by atoms with Gasteiger partial charge in [0.05, 0.1) is 27.9 Å². The van der Waals surface area contributed by atoms with Gasteiger partial charge in [-0.3, -0.25) is 9.59 Å². The Morgan fingerprint density at radius 2 is 1.86 bits per heavy atom. The first-order valence-electron chi connectivity index (χ1n) is 8.25. The number of carbonyl (C=O) groups is 3. The summed E-state index contributed by atoms with van der Waals surface area (Å²) in [6, 6.07) is 7.25. The van der Waals surface area contributed by atoms with Gasteiger partial charge in [0.25, 0.3) is 5.91 Å². The van der Waals surface area contributed by atoms with E-state index >= 15 is 0 Å². The molecule has 2 aromatic carbocycles. The molecule has 1 fully saturated rings. The van der Waals surface area contributed by atoms with Crippen molar-refractivity contribution in [1.82, 2.24) is 0 Å². The summed E-state index contributed by atoms with van der Waals surface area (Å²) in [6.45, 7) is 1.51. The number of anilines is 2. The van der Waals surface area contributed by atoms with Crippen LogP contribution in [0.15, 0.2) is 36.4 Å². The Balaban J connectivity index is 1.88. The number of carboxylic acids is 1. The van der Waals surface area contributed by atoms with E-state index in [2.05, 4.69) is 5.32 Å². The minimum Gasteiger partial charge on any atom is -0.507 e. The average Bonchev–Trinajstić information content (AvgIpc) is 2.83. The van der Waals surface area contributed by atoms with Gasteiger partial charge in [-0.2, -0.15) is 0 Å². The number of phenols is 1. The molecule has 1 aliphatic heterocycles. The average molecular weight is 439 g/mol. The third-order valence-corrected chi connectivity index (χ3v) is 6.46. The van der Waals surface area contributed by atoms with Crippen LogP contribution in [0.2, 0.25) is 5.02 Å². The third kappa shape index (κ3) is 3.89. The molecule has 0 unspecified atom stereocenters. The zero-order valence-corrected chi connectivity index (χ0v) is 16.5. The van der Waals surface area contributed by atoms with Crippen LogP contribution in [0.5, 0.6) is 5.75 Å². The number of aromatic hydroxyl groups is 1. The van der Waals surface area contributed by atoms with Gasteiger partial charge < -0.3 is 15.5 Å². The highest BCUT2D eigenvalue weighted by Gasteiger charge is 2.42. The maximum absolute atomic E-state index is 12.5. The molecular formula is C18H15ClN2O7S. The summed E-state index contributed by atoms with van der Waals surface area (Å²) < 4.78 is 25.0. The van der Waals surface area contributed by atoms with Crippen molar-refractivity contribution in [2.75, 3.05) is 15.4 Å². The van der Waals surface area contributed by atoms with E-state index in [0.717, 1.165) is 12.1 Å². The molecule has 29 heavy (non-hydrogen) atoms. The van der Waals surface area contributed by atoms with E-state index in [0.29, 0.717) is 4.31 Å². The first kappa shape index (κ1) is 20.6. The number of benzene rings is 2. The van der Waals surface area contributed by atoms with Crippen LogP contribution >= 0.6 is 11.6 Å². The van der Waals surface area contributed by atoms with Crippen LogP contribution in [0.3, 0.4) is 0 Å². The highest BCUT2D eigenvalue weighted by Crippen LogP contribution is 2.32. The van der Waals surface area contributed by atoms with Crippen molar-refractivity contribution in [1.29, 1.82) is 0 Å². The predicted molar refractivity (Wildman–Crippen MR) is 105 cm³/mol. The molecular weight excluding hydrogens is 424 g/mol. The second-order valence-electron chi connectivity index (χ2n) is 6.44. The van der Waals surface area contributed by atoms with Gasteiger partial charge in [0.1, 0.15) is 11.3 Å². The molecule has 152 valence electrons. The normalized spacial score (nSPS) is 17.9. The smallest absolute Gasteiger partial charge is 0.339 e. The number of hydrogen-bond acceptors (Lipinski definition) is 6. The van der Waals surface area contributed by atoms with Crippen LogP contribution in [0.4, 0.5) is 11.4 Å². The molecule has 1 heterocycles. The number of rotatable bonds is 4. The lowest BCUT2D eigenvalue weighted by Gasteiger charge is -2.16. The quantitative estimate of drug-likeness (QED) is 0.622. The van der Waals surface area contributed by atoms with Crippen molar-refractivity contribution in [3.63, 3.8) is 0 Å². The number of carbonyl (C=O) groups excluding carboxylic acids is 2. The minimum absolute atomic E-state index is 0.0162. The van der Waals surface area contributed by atoms with Crippen LogP contribution in [0.1, 0.15) is 27.6 Å². The molecule has 0 radical (unpaired) electrons. The number of nitrogens with zero attached hydrogens (tertiary/aromatic N) is 1. The molecule has 9 nitrogen and oxygen atoms in total. The number of amides is 2. The lowest BCUT2D eigenvalue weighted by Crippen LogP contribution is -2.30. The molecule has 0 saturated carbocycles. The Labute approximate surface area is 170 Å². The van der Waals surface area contributed by atoms with Crippen molar-refractivity contribution in [3.8, 4) is 5.75 Å². The van der Waals surface area contributed by atoms with E-state index in [9.17, 15) is 27.9 Å². The van der Waals surface area contributed by atoms with Crippen LogP contribution < -0.4 is 9.62 Å². The van der Waals surface area contributed by atoms with Gasteiger partial charge in [-0.1, -0.05) is 18.5 Å². The summed E-state index contributed by atoms with van der Waals surface area (Å²) in [5.74, 6) is -4.08. The topological polar surface area (TPSA) is 141 Å². The third-order valence-electron chi connectivity index (χ3n) is 4.28. The van der Waals surface area contributed by atoms with Gasteiger partial charge in [-0.15, -0.1) is 0 Å². The van der Waals surface area contributed by atoms with Gasteiger partial charge >= 0.3 is 5.97 Å². The molecule has 0 spiro atoms. The monoisotopic (exact) mass is 438 g/mol. The molecule has 1 atom stereocenters. The Morgan fingerprint density at radius 3 is 2.41 bits per heavy atom. The molecule has 11 heteroatoms. The second-order valence-corrected chi connectivity index (χ2v) is 8.71. The fraction of sp³-hybridized carbons (Fsp3) is 0.167. The molecule has 2 aromatic rings. The number of aromatic carboxylic acids is 1. The largest absolute Gasteiger partial charge is 0.507 e. The van der Waals surface area contributed by atoms with E-state index in [4.69, 9.17) is 16.7 Å². The standard InChI is InChI=1S/C18H15ClN2O7S/c1-9-8-29(27,28)21(17(9)24)11-3-4-12(14(19)7-11)16(23)20-10-2-5-15(22)13(6-10)18(25)26/h2-7,9,22H,8H2,1H3,(H,20,23)(H,25,26)/t9-/m0/s1. The Hall–Kier alpha value is -3.11. The molecule has 0 bridgehead atoms. The minimum atomic E-state index is -3.81. The molecule has 2 amide bonds. The lowest BCUT2D eigenvalue weighted by atomic mass is 10.1. The van der Waals surface area contributed by atoms with Crippen molar-refractivity contribution >= 4 is 50.8 Å². The van der Waals surface area contributed by atoms with Crippen LogP contribution in [0.25, 0.3) is 0 Å². The Bertz CT molecular complexity index is 1150. The first-order chi connectivity index (χ1) is 13.5. The van der Waals surface area contributed by atoms with Gasteiger partial charge in [-0.05, 0) is 36.4 Å². The van der Waals surface area contributed by atoms with Gasteiger partial charge in [0.15, 0.2) is 0 Å². The zero-order chi connectivity index (χ0) is 21.5. The highest BCUT2D eigenvalue weighted by molar-refractivity contribution is 7.94. The molecule has 1 aliphatic rings. The maximum atomic E-state index is 12.5. The van der Waals surface area contributed by atoms with Crippen LogP contribution in [-0.4, -0.2) is 42.2 Å². The summed E-state index contributed by atoms with van der Waals surface area (Å²) in [5, 5.41) is 20.9. The van der Waals surface area contributed by atoms with E-state index in [-0.39, 0.29) is 27.7 Å². The molecule has 1 saturated heterocycles. The summed E-state index contributed by atoms with van der Waals surface area (Å²) in [5.41, 5.74) is -0.274. The predicted octanol–water partition coefficient (Wildman–Crippen LogP) is 2.31. The van der Waals surface area contributed by atoms with E-state index < -0.39 is 45.0 Å². The van der Waals surface area contributed by atoms with Gasteiger partial charge in [0, 0.05) is 5.69 Å².